The molecule has 0 unspecified atom stereocenters. The average molecular weight is 410 g/mol. The molecule has 11 heteroatoms. The summed E-state index contributed by atoms with van der Waals surface area (Å²) in [6.45, 7) is -0.301. The smallest absolute Gasteiger partial charge is 0.356 e. The monoisotopic (exact) mass is 410 g/mol. The van der Waals surface area contributed by atoms with E-state index in [1.54, 1.807) is 30.3 Å². The largest absolute Gasteiger partial charge is 0.484 e. The van der Waals surface area contributed by atoms with E-state index in [9.17, 15) is 27.9 Å². The first kappa shape index (κ1) is 19.7. The molecule has 0 aliphatic carbocycles. The van der Waals surface area contributed by atoms with Gasteiger partial charge in [0, 0.05) is 6.42 Å². The predicted octanol–water partition coefficient (Wildman–Crippen LogP) is -0.173. The SMILES string of the molecule is CS(=O)(=O)OC1=C(C(=O)O)N2C(=O)[C@@H](NC(=O)COc3ccccc3)[C@H]2CC1. The van der Waals surface area contributed by atoms with Crippen molar-refractivity contribution in [1.82, 2.24) is 10.2 Å². The summed E-state index contributed by atoms with van der Waals surface area (Å²) in [5.41, 5.74) is -0.516. The Morgan fingerprint density at radius 2 is 1.96 bits per heavy atom. The van der Waals surface area contributed by atoms with Crippen LogP contribution in [0.5, 0.6) is 5.75 Å². The van der Waals surface area contributed by atoms with Gasteiger partial charge in [0.1, 0.15) is 11.8 Å². The lowest BCUT2D eigenvalue weighted by molar-refractivity contribution is -0.156. The molecule has 2 atom stereocenters. The molecule has 2 heterocycles. The Labute approximate surface area is 160 Å². The molecule has 2 amide bonds. The molecule has 0 radical (unpaired) electrons. The van der Waals surface area contributed by atoms with E-state index >= 15 is 0 Å². The van der Waals surface area contributed by atoms with Gasteiger partial charge in [-0.25, -0.2) is 4.79 Å². The van der Waals surface area contributed by atoms with Crippen molar-refractivity contribution in [2.75, 3.05) is 12.9 Å². The molecule has 3 rings (SSSR count). The van der Waals surface area contributed by atoms with E-state index in [-0.39, 0.29) is 25.2 Å². The number of hydrogen-bond donors (Lipinski definition) is 2. The number of para-hydroxylation sites is 1. The van der Waals surface area contributed by atoms with Crippen LogP contribution >= 0.6 is 0 Å². The van der Waals surface area contributed by atoms with Crippen molar-refractivity contribution in [3.8, 4) is 5.75 Å². The predicted molar refractivity (Wildman–Crippen MR) is 94.3 cm³/mol. The fraction of sp³-hybridized carbons (Fsp3) is 0.353. The van der Waals surface area contributed by atoms with Crippen molar-refractivity contribution in [2.24, 2.45) is 0 Å². The van der Waals surface area contributed by atoms with Gasteiger partial charge in [0.15, 0.2) is 18.1 Å². The number of hydrogen-bond acceptors (Lipinski definition) is 7. The van der Waals surface area contributed by atoms with Gasteiger partial charge >= 0.3 is 16.1 Å². The van der Waals surface area contributed by atoms with Crippen LogP contribution in [-0.2, 0) is 28.7 Å². The Morgan fingerprint density at radius 1 is 1.29 bits per heavy atom. The normalized spacial score (nSPS) is 21.5. The van der Waals surface area contributed by atoms with Gasteiger partial charge in [-0.3, -0.25) is 14.5 Å². The summed E-state index contributed by atoms with van der Waals surface area (Å²) in [7, 11) is -3.94. The first-order chi connectivity index (χ1) is 13.2. The Hall–Kier alpha value is -3.08. The quantitative estimate of drug-likeness (QED) is 0.466. The summed E-state index contributed by atoms with van der Waals surface area (Å²) in [5.74, 6) is -2.45. The molecule has 1 saturated heterocycles. The molecule has 28 heavy (non-hydrogen) atoms. The summed E-state index contributed by atoms with van der Waals surface area (Å²) < 4.78 is 32.7. The van der Waals surface area contributed by atoms with Gasteiger partial charge in [-0.2, -0.15) is 8.42 Å². The van der Waals surface area contributed by atoms with Crippen molar-refractivity contribution in [2.45, 2.75) is 24.9 Å². The Kier molecular flexibility index (Phi) is 5.27. The van der Waals surface area contributed by atoms with Crippen LogP contribution < -0.4 is 10.1 Å². The van der Waals surface area contributed by atoms with E-state index in [1.165, 1.54) is 0 Å². The van der Waals surface area contributed by atoms with Crippen molar-refractivity contribution < 1.29 is 36.8 Å². The summed E-state index contributed by atoms with van der Waals surface area (Å²) in [5, 5.41) is 11.9. The number of carbonyl (C=O) groups is 3. The van der Waals surface area contributed by atoms with Gasteiger partial charge in [0.25, 0.3) is 11.8 Å². The van der Waals surface area contributed by atoms with Crippen LogP contribution in [0.4, 0.5) is 0 Å². The lowest BCUT2D eigenvalue weighted by atomic mass is 9.86. The van der Waals surface area contributed by atoms with Crippen LogP contribution in [0.15, 0.2) is 41.8 Å². The van der Waals surface area contributed by atoms with E-state index in [2.05, 4.69) is 5.32 Å². The van der Waals surface area contributed by atoms with Gasteiger partial charge in [0.2, 0.25) is 0 Å². The van der Waals surface area contributed by atoms with Crippen LogP contribution in [0, 0.1) is 0 Å². The van der Waals surface area contributed by atoms with Crippen LogP contribution in [0.25, 0.3) is 0 Å². The maximum atomic E-state index is 12.4. The third kappa shape index (κ3) is 4.09. The number of fused-ring (bicyclic) bond motifs is 1. The topological polar surface area (TPSA) is 139 Å². The van der Waals surface area contributed by atoms with Crippen LogP contribution in [0.1, 0.15) is 12.8 Å². The maximum absolute atomic E-state index is 12.4. The number of aliphatic carboxylic acids is 1. The second-order valence-corrected chi connectivity index (χ2v) is 7.90. The summed E-state index contributed by atoms with van der Waals surface area (Å²) >= 11 is 0. The number of rotatable bonds is 7. The minimum absolute atomic E-state index is 0.00996. The zero-order valence-corrected chi connectivity index (χ0v) is 15.6. The summed E-state index contributed by atoms with van der Waals surface area (Å²) in [6.07, 6.45) is 1.05. The average Bonchev–Trinajstić information content (AvgIpc) is 2.63. The number of ether oxygens (including phenoxy) is 1. The molecule has 2 N–H and O–H groups in total. The number of nitrogens with zero attached hydrogens (tertiary/aromatic N) is 1. The van der Waals surface area contributed by atoms with E-state index in [0.717, 1.165) is 11.2 Å². The standard InChI is InChI=1S/C17H18N2O8S/c1-28(24,25)27-12-8-7-11-14(16(21)19(11)15(12)17(22)23)18-13(20)9-26-10-5-3-2-4-6-10/h2-6,11,14H,7-9H2,1H3,(H,18,20)(H,22,23)/t11-,14+/m1/s1. The molecule has 0 saturated carbocycles. The number of nitrogens with one attached hydrogen (secondary N) is 1. The first-order valence-electron chi connectivity index (χ1n) is 8.33. The Morgan fingerprint density at radius 3 is 2.57 bits per heavy atom. The second kappa shape index (κ2) is 7.50. The molecule has 0 bridgehead atoms. The van der Waals surface area contributed by atoms with E-state index in [0.29, 0.717) is 5.75 Å². The second-order valence-electron chi connectivity index (χ2n) is 6.33. The number of carboxylic acid groups (broad SMARTS) is 1. The van der Waals surface area contributed by atoms with E-state index < -0.39 is 45.7 Å². The molecule has 10 nitrogen and oxygen atoms in total. The molecule has 1 aromatic rings. The first-order valence-corrected chi connectivity index (χ1v) is 10.1. The summed E-state index contributed by atoms with van der Waals surface area (Å²) in [6, 6.07) is 7.16. The van der Waals surface area contributed by atoms with Crippen molar-refractivity contribution in [1.29, 1.82) is 0 Å². The highest BCUT2D eigenvalue weighted by molar-refractivity contribution is 7.86. The molecule has 2 aliphatic heterocycles. The highest BCUT2D eigenvalue weighted by Gasteiger charge is 2.54. The number of allylic oxidation sites excluding steroid dienone is 1. The van der Waals surface area contributed by atoms with Crippen molar-refractivity contribution >= 4 is 27.9 Å². The highest BCUT2D eigenvalue weighted by Crippen LogP contribution is 2.37. The molecule has 2 aliphatic rings. The van der Waals surface area contributed by atoms with Gasteiger partial charge in [-0.1, -0.05) is 18.2 Å². The number of amides is 2. The minimum Gasteiger partial charge on any atom is -0.484 e. The van der Waals surface area contributed by atoms with Gasteiger partial charge < -0.3 is 19.3 Å². The van der Waals surface area contributed by atoms with E-state index in [4.69, 9.17) is 8.92 Å². The number of carboxylic acids is 1. The Balaban J connectivity index is 1.66. The molecule has 150 valence electrons. The lowest BCUT2D eigenvalue weighted by Gasteiger charge is -2.49. The molecule has 1 aromatic carbocycles. The third-order valence-corrected chi connectivity index (χ3v) is 4.78. The lowest BCUT2D eigenvalue weighted by Crippen LogP contribution is -2.72. The Bertz CT molecular complexity index is 941. The molecular weight excluding hydrogens is 392 g/mol. The van der Waals surface area contributed by atoms with Crippen molar-refractivity contribution in [3.63, 3.8) is 0 Å². The van der Waals surface area contributed by atoms with Crippen LogP contribution in [-0.4, -0.2) is 61.2 Å². The summed E-state index contributed by atoms with van der Waals surface area (Å²) in [4.78, 5) is 37.0. The molecule has 1 fully saturated rings. The van der Waals surface area contributed by atoms with Crippen LogP contribution in [0.2, 0.25) is 0 Å². The minimum atomic E-state index is -3.94. The van der Waals surface area contributed by atoms with Crippen LogP contribution in [0.3, 0.4) is 0 Å². The number of carbonyl (C=O) groups excluding carboxylic acids is 2. The number of β-lactam (4-membered cyclic amide) rings is 1. The maximum Gasteiger partial charge on any atom is 0.356 e. The van der Waals surface area contributed by atoms with Gasteiger partial charge in [-0.15, -0.1) is 0 Å². The fourth-order valence-corrected chi connectivity index (χ4v) is 3.70. The van der Waals surface area contributed by atoms with E-state index in [1.807, 2.05) is 0 Å². The zero-order valence-electron chi connectivity index (χ0n) is 14.8. The number of benzene rings is 1. The van der Waals surface area contributed by atoms with Gasteiger partial charge in [-0.05, 0) is 18.6 Å². The molecular formula is C17H18N2O8S. The zero-order chi connectivity index (χ0) is 20.5. The fourth-order valence-electron chi connectivity index (χ4n) is 3.17. The third-order valence-electron chi connectivity index (χ3n) is 4.28. The molecule has 0 spiro atoms. The van der Waals surface area contributed by atoms with Crippen molar-refractivity contribution in [3.05, 3.63) is 41.8 Å². The van der Waals surface area contributed by atoms with Gasteiger partial charge in [0.05, 0.1) is 12.3 Å². The molecule has 0 aromatic heterocycles. The highest BCUT2D eigenvalue weighted by atomic mass is 32.2.